The minimum atomic E-state index is -0.499. The van der Waals surface area contributed by atoms with Gasteiger partial charge in [0.25, 0.3) is 0 Å². The second kappa shape index (κ2) is 12.0. The topological polar surface area (TPSA) is 60.4 Å². The van der Waals surface area contributed by atoms with E-state index < -0.39 is 5.54 Å². The fourth-order valence-electron chi connectivity index (χ4n) is 6.13. The third kappa shape index (κ3) is 5.64. The molecule has 0 atom stereocenters. The summed E-state index contributed by atoms with van der Waals surface area (Å²) in [6.07, 6.45) is 2.44. The summed E-state index contributed by atoms with van der Waals surface area (Å²) in [4.78, 5) is 0. The Morgan fingerprint density at radius 2 is 0.762 bits per heavy atom. The van der Waals surface area contributed by atoms with Crippen LogP contribution in [0.4, 0.5) is 5.69 Å². The molecule has 4 aromatic carbocycles. The molecule has 0 fully saturated rings. The SMILES string of the molecule is COc1c2cccc1Cc1cccc(c1OC)Cc1cc(N(O)C(C)(C)C)cc(c1OC)Cc1cccc(c1OC)C2. The third-order valence-electron chi connectivity index (χ3n) is 7.98. The van der Waals surface area contributed by atoms with Gasteiger partial charge in [-0.2, -0.15) is 0 Å². The second-order valence-corrected chi connectivity index (χ2v) is 11.8. The van der Waals surface area contributed by atoms with Gasteiger partial charge in [-0.15, -0.1) is 0 Å². The van der Waals surface area contributed by atoms with Crippen molar-refractivity contribution < 1.29 is 24.2 Å². The zero-order chi connectivity index (χ0) is 30.0. The molecule has 8 bridgehead atoms. The van der Waals surface area contributed by atoms with Crippen molar-refractivity contribution in [3.63, 3.8) is 0 Å². The Balaban J connectivity index is 1.80. The van der Waals surface area contributed by atoms with Crippen LogP contribution in [0.2, 0.25) is 0 Å². The monoisotopic (exact) mass is 567 g/mol. The number of nitrogens with zero attached hydrogens (tertiary/aromatic N) is 1. The van der Waals surface area contributed by atoms with E-state index in [-0.39, 0.29) is 0 Å². The summed E-state index contributed by atoms with van der Waals surface area (Å²) in [6.45, 7) is 5.95. The van der Waals surface area contributed by atoms with E-state index in [1.165, 1.54) is 5.06 Å². The molecule has 0 unspecified atom stereocenters. The van der Waals surface area contributed by atoms with Gasteiger partial charge in [0, 0.05) is 36.8 Å². The summed E-state index contributed by atoms with van der Waals surface area (Å²) in [5.41, 5.74) is 8.55. The van der Waals surface area contributed by atoms with Crippen LogP contribution in [0.3, 0.4) is 0 Å². The molecule has 4 aromatic rings. The van der Waals surface area contributed by atoms with Crippen molar-refractivity contribution in [3.8, 4) is 23.0 Å². The van der Waals surface area contributed by atoms with Crippen molar-refractivity contribution >= 4 is 5.69 Å². The molecule has 0 radical (unpaired) electrons. The van der Waals surface area contributed by atoms with Crippen molar-refractivity contribution in [1.29, 1.82) is 0 Å². The number of hydrogen-bond acceptors (Lipinski definition) is 6. The van der Waals surface area contributed by atoms with Crippen LogP contribution in [0.25, 0.3) is 0 Å². The number of rotatable bonds is 5. The molecule has 0 aliphatic heterocycles. The molecular weight excluding hydrogens is 526 g/mol. The molecular formula is C36H41NO5. The van der Waals surface area contributed by atoms with Crippen molar-refractivity contribution in [2.45, 2.75) is 52.0 Å². The highest BCUT2D eigenvalue weighted by atomic mass is 16.5. The first kappa shape index (κ1) is 29.3. The van der Waals surface area contributed by atoms with Gasteiger partial charge >= 0.3 is 0 Å². The van der Waals surface area contributed by atoms with Gasteiger partial charge in [-0.3, -0.25) is 10.3 Å². The number of fused-ring (bicyclic) bond motifs is 8. The lowest BCUT2D eigenvalue weighted by molar-refractivity contribution is 0.181. The lowest BCUT2D eigenvalue weighted by Gasteiger charge is -2.32. The number of hydroxylamine groups is 1. The van der Waals surface area contributed by atoms with E-state index in [1.807, 2.05) is 32.9 Å². The first-order valence-electron chi connectivity index (χ1n) is 14.3. The number of methoxy groups -OCH3 is 4. The lowest BCUT2D eigenvalue weighted by atomic mass is 9.91. The summed E-state index contributed by atoms with van der Waals surface area (Å²) < 4.78 is 24.2. The Hall–Kier alpha value is -4.16. The van der Waals surface area contributed by atoms with E-state index in [9.17, 15) is 5.21 Å². The Morgan fingerprint density at radius 3 is 1.02 bits per heavy atom. The Bertz CT molecular complexity index is 1490. The van der Waals surface area contributed by atoms with E-state index in [1.54, 1.807) is 28.4 Å². The molecule has 0 spiro atoms. The zero-order valence-corrected chi connectivity index (χ0v) is 25.7. The molecule has 1 N–H and O–H groups in total. The number of hydrogen-bond donors (Lipinski definition) is 1. The Kier molecular flexibility index (Phi) is 8.37. The maximum absolute atomic E-state index is 11.3. The smallest absolute Gasteiger partial charge is 0.126 e. The number of benzene rings is 4. The van der Waals surface area contributed by atoms with Crippen LogP contribution < -0.4 is 24.0 Å². The molecule has 42 heavy (non-hydrogen) atoms. The minimum Gasteiger partial charge on any atom is -0.496 e. The predicted molar refractivity (Wildman–Crippen MR) is 167 cm³/mol. The molecule has 1 aliphatic carbocycles. The number of anilines is 1. The van der Waals surface area contributed by atoms with Crippen LogP contribution in [0.15, 0.2) is 66.7 Å². The summed E-state index contributed by atoms with van der Waals surface area (Å²) in [5.74, 6) is 3.36. The molecule has 6 heteroatoms. The van der Waals surface area contributed by atoms with Gasteiger partial charge in [-0.05, 0) is 66.3 Å². The zero-order valence-electron chi connectivity index (χ0n) is 25.7. The molecule has 1 aliphatic rings. The quantitative estimate of drug-likeness (QED) is 0.224. The maximum atomic E-state index is 11.3. The van der Waals surface area contributed by atoms with Gasteiger partial charge in [-0.25, -0.2) is 0 Å². The molecule has 0 saturated heterocycles. The Morgan fingerprint density at radius 1 is 0.500 bits per heavy atom. The highest BCUT2D eigenvalue weighted by molar-refractivity contribution is 5.61. The van der Waals surface area contributed by atoms with Gasteiger partial charge in [0.2, 0.25) is 0 Å². The maximum Gasteiger partial charge on any atom is 0.126 e. The molecule has 6 nitrogen and oxygen atoms in total. The van der Waals surface area contributed by atoms with Crippen LogP contribution >= 0.6 is 0 Å². The van der Waals surface area contributed by atoms with E-state index >= 15 is 0 Å². The molecule has 220 valence electrons. The number of para-hydroxylation sites is 3. The average Bonchev–Trinajstić information content (AvgIpc) is 2.96. The molecule has 5 rings (SSSR count). The average molecular weight is 568 g/mol. The van der Waals surface area contributed by atoms with Crippen molar-refractivity contribution in [1.82, 2.24) is 0 Å². The van der Waals surface area contributed by atoms with Gasteiger partial charge in [0.1, 0.15) is 23.0 Å². The minimum absolute atomic E-state index is 0.499. The third-order valence-corrected chi connectivity index (χ3v) is 7.98. The molecule has 0 aromatic heterocycles. The predicted octanol–water partition coefficient (Wildman–Crippen LogP) is 7.39. The second-order valence-electron chi connectivity index (χ2n) is 11.8. The standard InChI is InChI=1S/C36H41NO5/c1-36(2,3)37(38)31-21-29-19-27-15-9-13-25(33(27)40-5)17-23-11-8-12-24(32(23)39-4)18-26-14-10-16-28(34(26)41-6)20-30(22-31)35(29)42-7/h8-16,21-22,38H,17-20H2,1-7H3. The van der Waals surface area contributed by atoms with Gasteiger partial charge in [-0.1, -0.05) is 54.6 Å². The lowest BCUT2D eigenvalue weighted by Crippen LogP contribution is -2.38. The van der Waals surface area contributed by atoms with Crippen LogP contribution in [0.1, 0.15) is 65.3 Å². The van der Waals surface area contributed by atoms with Gasteiger partial charge < -0.3 is 18.9 Å². The molecule has 0 amide bonds. The summed E-state index contributed by atoms with van der Waals surface area (Å²) in [5, 5.41) is 12.6. The molecule has 0 saturated carbocycles. The fraction of sp³-hybridized carbons (Fsp3) is 0.333. The first-order chi connectivity index (χ1) is 20.2. The van der Waals surface area contributed by atoms with Crippen molar-refractivity contribution in [3.05, 3.63) is 111 Å². The summed E-state index contributed by atoms with van der Waals surface area (Å²) in [6, 6.07) is 22.9. The van der Waals surface area contributed by atoms with Gasteiger partial charge in [0.05, 0.1) is 39.7 Å². The fourth-order valence-corrected chi connectivity index (χ4v) is 6.13. The van der Waals surface area contributed by atoms with Crippen LogP contribution in [0, 0.1) is 0 Å². The van der Waals surface area contributed by atoms with Crippen LogP contribution in [0.5, 0.6) is 23.0 Å². The highest BCUT2D eigenvalue weighted by Gasteiger charge is 2.25. The van der Waals surface area contributed by atoms with Crippen LogP contribution in [-0.2, 0) is 25.7 Å². The largest absolute Gasteiger partial charge is 0.496 e. The highest BCUT2D eigenvalue weighted by Crippen LogP contribution is 2.40. The number of ether oxygens (including phenoxy) is 4. The van der Waals surface area contributed by atoms with Crippen LogP contribution in [-0.4, -0.2) is 39.2 Å². The normalized spacial score (nSPS) is 12.9. The first-order valence-corrected chi connectivity index (χ1v) is 14.3. The van der Waals surface area contributed by atoms with E-state index in [4.69, 9.17) is 18.9 Å². The summed E-state index contributed by atoms with van der Waals surface area (Å²) >= 11 is 0. The molecule has 0 heterocycles. The van der Waals surface area contributed by atoms with Gasteiger partial charge in [0.15, 0.2) is 0 Å². The van der Waals surface area contributed by atoms with E-state index in [0.717, 1.165) is 67.5 Å². The van der Waals surface area contributed by atoms with E-state index in [2.05, 4.69) is 54.6 Å². The Labute approximate surface area is 249 Å². The van der Waals surface area contributed by atoms with E-state index in [0.29, 0.717) is 31.4 Å². The summed E-state index contributed by atoms with van der Waals surface area (Å²) in [7, 11) is 6.89. The van der Waals surface area contributed by atoms with Crippen molar-refractivity contribution in [2.24, 2.45) is 0 Å². The van der Waals surface area contributed by atoms with Crippen molar-refractivity contribution in [2.75, 3.05) is 33.5 Å².